The molecule has 1 N–H and O–H groups in total. The normalized spacial score (nSPS) is 17.7. The molecule has 5 heteroatoms. The van der Waals surface area contributed by atoms with Crippen LogP contribution in [0.4, 0.5) is 5.13 Å². The molecule has 0 spiro atoms. The number of nitrogens with one attached hydrogen (secondary N) is 1. The number of hydrogen-bond donors (Lipinski definition) is 1. The van der Waals surface area contributed by atoms with Gasteiger partial charge >= 0.3 is 0 Å². The highest BCUT2D eigenvalue weighted by atomic mass is 32.1. The van der Waals surface area contributed by atoms with E-state index >= 15 is 0 Å². The van der Waals surface area contributed by atoms with Crippen LogP contribution in [-0.4, -0.2) is 30.0 Å². The van der Waals surface area contributed by atoms with E-state index in [-0.39, 0.29) is 17.9 Å². The van der Waals surface area contributed by atoms with E-state index in [1.165, 1.54) is 4.70 Å². The first kappa shape index (κ1) is 16.2. The molecule has 0 saturated carbocycles. The van der Waals surface area contributed by atoms with Gasteiger partial charge in [0.05, 0.1) is 10.2 Å². The molecule has 1 atom stereocenters. The Kier molecular flexibility index (Phi) is 4.85. The molecule has 1 saturated heterocycles. The molecule has 23 heavy (non-hydrogen) atoms. The van der Waals surface area contributed by atoms with Crippen molar-refractivity contribution < 1.29 is 4.79 Å². The second kappa shape index (κ2) is 6.87. The van der Waals surface area contributed by atoms with Gasteiger partial charge in [-0.3, -0.25) is 4.79 Å². The standard InChI is InChI=1S/C18H25N3OS/c1-12(2)13(3)19-17(22)14-8-10-21(11-9-14)18-20-15-6-4-5-7-16(15)23-18/h4-7,12-14H,8-11H2,1-3H3,(H,19,22). The number of rotatable bonds is 4. The summed E-state index contributed by atoms with van der Waals surface area (Å²) in [5.74, 6) is 0.832. The first-order valence-electron chi connectivity index (χ1n) is 8.45. The minimum absolute atomic E-state index is 0.141. The summed E-state index contributed by atoms with van der Waals surface area (Å²) >= 11 is 1.74. The third kappa shape index (κ3) is 3.66. The number of aromatic nitrogens is 1. The first-order valence-corrected chi connectivity index (χ1v) is 9.27. The van der Waals surface area contributed by atoms with Crippen LogP contribution < -0.4 is 10.2 Å². The summed E-state index contributed by atoms with van der Waals surface area (Å²) in [6.07, 6.45) is 1.82. The summed E-state index contributed by atoms with van der Waals surface area (Å²) in [6.45, 7) is 8.18. The molecule has 4 nitrogen and oxygen atoms in total. The van der Waals surface area contributed by atoms with Gasteiger partial charge in [0.15, 0.2) is 5.13 Å². The molecule has 1 aromatic heterocycles. The fourth-order valence-electron chi connectivity index (χ4n) is 2.84. The SMILES string of the molecule is CC(C)C(C)NC(=O)C1CCN(c2nc3ccccc3s2)CC1. The van der Waals surface area contributed by atoms with Gasteiger partial charge in [-0.15, -0.1) is 0 Å². The van der Waals surface area contributed by atoms with Crippen LogP contribution in [0, 0.1) is 11.8 Å². The number of piperidine rings is 1. The van der Waals surface area contributed by atoms with E-state index < -0.39 is 0 Å². The van der Waals surface area contributed by atoms with Gasteiger partial charge in [-0.1, -0.05) is 37.3 Å². The van der Waals surface area contributed by atoms with Crippen LogP contribution >= 0.6 is 11.3 Å². The van der Waals surface area contributed by atoms with Crippen LogP contribution in [0.25, 0.3) is 10.2 Å². The fraction of sp³-hybridized carbons (Fsp3) is 0.556. The number of hydrogen-bond acceptors (Lipinski definition) is 4. The number of anilines is 1. The van der Waals surface area contributed by atoms with Gasteiger partial charge in [0.1, 0.15) is 0 Å². The summed E-state index contributed by atoms with van der Waals surface area (Å²) in [4.78, 5) is 19.4. The number of thiazole rings is 1. The minimum atomic E-state index is 0.141. The van der Waals surface area contributed by atoms with Gasteiger partial charge in [-0.05, 0) is 37.8 Å². The summed E-state index contributed by atoms with van der Waals surface area (Å²) in [5, 5.41) is 4.24. The molecule has 0 radical (unpaired) electrons. The van der Waals surface area contributed by atoms with Crippen molar-refractivity contribution >= 4 is 32.6 Å². The lowest BCUT2D eigenvalue weighted by molar-refractivity contribution is -0.126. The smallest absolute Gasteiger partial charge is 0.223 e. The molecule has 1 aliphatic rings. The number of nitrogens with zero attached hydrogens (tertiary/aromatic N) is 2. The van der Waals surface area contributed by atoms with Crippen LogP contribution in [0.5, 0.6) is 0 Å². The molecule has 124 valence electrons. The first-order chi connectivity index (χ1) is 11.0. The maximum absolute atomic E-state index is 12.4. The number of para-hydroxylation sites is 1. The van der Waals surface area contributed by atoms with E-state index in [4.69, 9.17) is 4.98 Å². The van der Waals surface area contributed by atoms with Crippen molar-refractivity contribution in [2.75, 3.05) is 18.0 Å². The molecule has 1 aliphatic heterocycles. The lowest BCUT2D eigenvalue weighted by Crippen LogP contribution is -2.44. The summed E-state index contributed by atoms with van der Waals surface area (Å²) in [7, 11) is 0. The quantitative estimate of drug-likeness (QED) is 0.929. The summed E-state index contributed by atoms with van der Waals surface area (Å²) in [5.41, 5.74) is 1.07. The number of amides is 1. The van der Waals surface area contributed by atoms with E-state index in [0.29, 0.717) is 5.92 Å². The minimum Gasteiger partial charge on any atom is -0.353 e. The fourth-order valence-corrected chi connectivity index (χ4v) is 3.85. The van der Waals surface area contributed by atoms with Crippen molar-refractivity contribution in [3.05, 3.63) is 24.3 Å². The second-order valence-corrected chi connectivity index (χ2v) is 7.78. The van der Waals surface area contributed by atoms with Gasteiger partial charge in [-0.2, -0.15) is 0 Å². The summed E-state index contributed by atoms with van der Waals surface area (Å²) < 4.78 is 1.23. The molecule has 2 heterocycles. The van der Waals surface area contributed by atoms with Gasteiger partial charge in [-0.25, -0.2) is 4.98 Å². The Bertz CT molecular complexity index is 641. The molecule has 1 unspecified atom stereocenters. The molecule has 1 aromatic carbocycles. The Morgan fingerprint density at radius 1 is 1.26 bits per heavy atom. The maximum Gasteiger partial charge on any atom is 0.223 e. The molecule has 3 rings (SSSR count). The maximum atomic E-state index is 12.4. The molecule has 0 aliphatic carbocycles. The number of fused-ring (bicyclic) bond motifs is 1. The van der Waals surface area contributed by atoms with Crippen molar-refractivity contribution in [1.82, 2.24) is 10.3 Å². The van der Waals surface area contributed by atoms with Crippen LogP contribution in [0.3, 0.4) is 0 Å². The third-order valence-corrected chi connectivity index (χ3v) is 5.89. The zero-order valence-corrected chi connectivity index (χ0v) is 14.9. The predicted octanol–water partition coefficient (Wildman–Crippen LogP) is 3.67. The highest BCUT2D eigenvalue weighted by Gasteiger charge is 2.27. The molecular weight excluding hydrogens is 306 g/mol. The molecular formula is C18H25N3OS. The molecule has 1 fully saturated rings. The van der Waals surface area contributed by atoms with E-state index in [9.17, 15) is 4.79 Å². The number of benzene rings is 1. The summed E-state index contributed by atoms with van der Waals surface area (Å²) in [6, 6.07) is 8.49. The lowest BCUT2D eigenvalue weighted by Gasteiger charge is -2.32. The molecule has 0 bridgehead atoms. The zero-order valence-electron chi connectivity index (χ0n) is 14.1. The second-order valence-electron chi connectivity index (χ2n) is 6.77. The van der Waals surface area contributed by atoms with Crippen LogP contribution in [0.15, 0.2) is 24.3 Å². The van der Waals surface area contributed by atoms with Crippen molar-refractivity contribution in [2.24, 2.45) is 11.8 Å². The highest BCUT2D eigenvalue weighted by Crippen LogP contribution is 2.31. The van der Waals surface area contributed by atoms with Crippen molar-refractivity contribution in [2.45, 2.75) is 39.7 Å². The van der Waals surface area contributed by atoms with E-state index in [1.54, 1.807) is 11.3 Å². The van der Waals surface area contributed by atoms with Gasteiger partial charge in [0.25, 0.3) is 0 Å². The Hall–Kier alpha value is -1.62. The van der Waals surface area contributed by atoms with Crippen molar-refractivity contribution in [3.63, 3.8) is 0 Å². The Morgan fingerprint density at radius 3 is 2.61 bits per heavy atom. The van der Waals surface area contributed by atoms with E-state index in [2.05, 4.69) is 49.2 Å². The van der Waals surface area contributed by atoms with Gasteiger partial charge < -0.3 is 10.2 Å². The van der Waals surface area contributed by atoms with Gasteiger partial charge in [0, 0.05) is 25.0 Å². The van der Waals surface area contributed by atoms with E-state index in [0.717, 1.165) is 36.6 Å². The van der Waals surface area contributed by atoms with Crippen LogP contribution in [0.2, 0.25) is 0 Å². The number of carbonyl (C=O) groups excluding carboxylic acids is 1. The molecule has 1 amide bonds. The van der Waals surface area contributed by atoms with Crippen LogP contribution in [-0.2, 0) is 4.79 Å². The predicted molar refractivity (Wildman–Crippen MR) is 97.0 cm³/mol. The van der Waals surface area contributed by atoms with E-state index in [1.807, 2.05) is 6.07 Å². The third-order valence-electron chi connectivity index (χ3n) is 4.79. The Labute approximate surface area is 141 Å². The highest BCUT2D eigenvalue weighted by molar-refractivity contribution is 7.22. The van der Waals surface area contributed by atoms with Crippen LogP contribution in [0.1, 0.15) is 33.6 Å². The van der Waals surface area contributed by atoms with Crippen molar-refractivity contribution in [3.8, 4) is 0 Å². The lowest BCUT2D eigenvalue weighted by atomic mass is 9.95. The monoisotopic (exact) mass is 331 g/mol. The number of carbonyl (C=O) groups is 1. The van der Waals surface area contributed by atoms with Crippen molar-refractivity contribution in [1.29, 1.82) is 0 Å². The molecule has 2 aromatic rings. The van der Waals surface area contributed by atoms with Gasteiger partial charge in [0.2, 0.25) is 5.91 Å². The largest absolute Gasteiger partial charge is 0.353 e. The Morgan fingerprint density at radius 2 is 1.96 bits per heavy atom. The average molecular weight is 331 g/mol. The topological polar surface area (TPSA) is 45.2 Å². The zero-order chi connectivity index (χ0) is 16.4. The average Bonchev–Trinajstić information content (AvgIpc) is 2.98. The Balaban J connectivity index is 1.58.